The summed E-state index contributed by atoms with van der Waals surface area (Å²) in [5, 5.41) is 1.66. The van der Waals surface area contributed by atoms with E-state index < -0.39 is 0 Å². The zero-order valence-corrected chi connectivity index (χ0v) is 10.5. The molecule has 4 rings (SSSR count). The van der Waals surface area contributed by atoms with Gasteiger partial charge in [-0.1, -0.05) is 36.4 Å². The standard InChI is InChI=1S/C16H10N2O2/c19-9-12-10-5-2-4-8-14(10)18-15(12)11-6-1-3-7-13(11)17-16(18)20/h1-9H,(H,17,20). The largest absolute Gasteiger partial charge is 0.331 e. The number of carbonyl (C=O) groups is 1. The number of aldehydes is 1. The highest BCUT2D eigenvalue weighted by Gasteiger charge is 2.15. The molecule has 96 valence electrons. The van der Waals surface area contributed by atoms with Crippen LogP contribution in [0.5, 0.6) is 0 Å². The Morgan fingerprint density at radius 2 is 1.65 bits per heavy atom. The number of carbonyl (C=O) groups excluding carboxylic acids is 1. The normalized spacial score (nSPS) is 11.4. The van der Waals surface area contributed by atoms with E-state index in [9.17, 15) is 9.59 Å². The number of hydrogen-bond donors (Lipinski definition) is 1. The van der Waals surface area contributed by atoms with Crippen molar-refractivity contribution in [2.75, 3.05) is 0 Å². The highest BCUT2D eigenvalue weighted by Crippen LogP contribution is 2.28. The molecule has 0 saturated heterocycles. The van der Waals surface area contributed by atoms with Gasteiger partial charge in [0.05, 0.1) is 16.6 Å². The quantitative estimate of drug-likeness (QED) is 0.536. The summed E-state index contributed by atoms with van der Waals surface area (Å²) in [6.07, 6.45) is 0.823. The number of nitrogens with one attached hydrogen (secondary N) is 1. The van der Waals surface area contributed by atoms with Gasteiger partial charge in [0.15, 0.2) is 6.29 Å². The van der Waals surface area contributed by atoms with Crippen LogP contribution in [0.2, 0.25) is 0 Å². The molecule has 0 atom stereocenters. The third kappa shape index (κ3) is 1.25. The molecule has 2 heterocycles. The van der Waals surface area contributed by atoms with Crippen LogP contribution >= 0.6 is 0 Å². The van der Waals surface area contributed by atoms with Gasteiger partial charge in [-0.05, 0) is 12.1 Å². The second-order valence-electron chi connectivity index (χ2n) is 4.71. The summed E-state index contributed by atoms with van der Waals surface area (Å²) < 4.78 is 1.57. The molecule has 2 aromatic heterocycles. The second kappa shape index (κ2) is 3.81. The average Bonchev–Trinajstić information content (AvgIpc) is 2.82. The number of nitrogens with zero attached hydrogens (tertiary/aromatic N) is 1. The molecule has 0 saturated carbocycles. The maximum atomic E-state index is 12.3. The molecule has 0 unspecified atom stereocenters. The van der Waals surface area contributed by atoms with Crippen LogP contribution in [-0.4, -0.2) is 15.7 Å². The van der Waals surface area contributed by atoms with Crippen LogP contribution in [0.25, 0.3) is 27.3 Å². The van der Waals surface area contributed by atoms with Crippen molar-refractivity contribution in [3.8, 4) is 0 Å². The number of para-hydroxylation sites is 2. The summed E-state index contributed by atoms with van der Waals surface area (Å²) in [7, 11) is 0. The van der Waals surface area contributed by atoms with E-state index in [2.05, 4.69) is 4.98 Å². The third-order valence-corrected chi connectivity index (χ3v) is 3.66. The van der Waals surface area contributed by atoms with E-state index >= 15 is 0 Å². The lowest BCUT2D eigenvalue weighted by Gasteiger charge is -2.02. The molecule has 0 aliphatic carbocycles. The zero-order chi connectivity index (χ0) is 13.7. The van der Waals surface area contributed by atoms with Gasteiger partial charge >= 0.3 is 5.69 Å². The molecule has 4 heteroatoms. The summed E-state index contributed by atoms with van der Waals surface area (Å²) in [6, 6.07) is 14.9. The summed E-state index contributed by atoms with van der Waals surface area (Å²) in [5.74, 6) is 0. The fourth-order valence-electron chi connectivity index (χ4n) is 2.83. The Kier molecular flexibility index (Phi) is 2.09. The fraction of sp³-hybridized carbons (Fsp3) is 0. The van der Waals surface area contributed by atoms with Crippen molar-refractivity contribution in [2.45, 2.75) is 0 Å². The maximum absolute atomic E-state index is 12.3. The smallest absolute Gasteiger partial charge is 0.307 e. The lowest BCUT2D eigenvalue weighted by atomic mass is 10.1. The van der Waals surface area contributed by atoms with E-state index in [-0.39, 0.29) is 5.69 Å². The number of fused-ring (bicyclic) bond motifs is 5. The SMILES string of the molecule is O=Cc1c2ccccc2n2c(=O)[nH]c3ccccc3c12. The Bertz CT molecular complexity index is 1040. The minimum absolute atomic E-state index is 0.233. The molecule has 0 bridgehead atoms. The molecule has 4 nitrogen and oxygen atoms in total. The van der Waals surface area contributed by atoms with Crippen molar-refractivity contribution in [1.29, 1.82) is 0 Å². The zero-order valence-electron chi connectivity index (χ0n) is 10.5. The number of aromatic nitrogens is 2. The van der Waals surface area contributed by atoms with Gasteiger partial charge in [0.2, 0.25) is 0 Å². The molecule has 20 heavy (non-hydrogen) atoms. The number of hydrogen-bond acceptors (Lipinski definition) is 2. The molecular formula is C16H10N2O2. The van der Waals surface area contributed by atoms with Crippen molar-refractivity contribution in [3.63, 3.8) is 0 Å². The van der Waals surface area contributed by atoms with Gasteiger partial charge in [0, 0.05) is 16.3 Å². The Morgan fingerprint density at radius 3 is 2.45 bits per heavy atom. The number of H-pyrrole nitrogens is 1. The minimum Gasteiger partial charge on any atom is -0.307 e. The maximum Gasteiger partial charge on any atom is 0.331 e. The molecule has 1 N–H and O–H groups in total. The van der Waals surface area contributed by atoms with E-state index in [1.807, 2.05) is 48.5 Å². The lowest BCUT2D eigenvalue weighted by molar-refractivity contribution is 0.112. The Balaban J connectivity index is 2.48. The van der Waals surface area contributed by atoms with Crippen LogP contribution < -0.4 is 5.69 Å². The molecule has 0 fully saturated rings. The third-order valence-electron chi connectivity index (χ3n) is 3.66. The van der Waals surface area contributed by atoms with Crippen LogP contribution in [0.1, 0.15) is 10.4 Å². The minimum atomic E-state index is -0.233. The Hall–Kier alpha value is -2.88. The number of rotatable bonds is 1. The van der Waals surface area contributed by atoms with Crippen molar-refractivity contribution in [3.05, 3.63) is 64.6 Å². The van der Waals surface area contributed by atoms with Gasteiger partial charge < -0.3 is 4.98 Å². The monoisotopic (exact) mass is 262 g/mol. The van der Waals surface area contributed by atoms with Crippen LogP contribution in [0.15, 0.2) is 53.3 Å². The van der Waals surface area contributed by atoms with Crippen LogP contribution in [0.3, 0.4) is 0 Å². The molecule has 0 spiro atoms. The topological polar surface area (TPSA) is 54.3 Å². The van der Waals surface area contributed by atoms with Crippen LogP contribution in [-0.2, 0) is 0 Å². The van der Waals surface area contributed by atoms with Gasteiger partial charge in [-0.2, -0.15) is 0 Å². The van der Waals surface area contributed by atoms with Gasteiger partial charge in [0.25, 0.3) is 0 Å². The summed E-state index contributed by atoms with van der Waals surface area (Å²) in [4.78, 5) is 26.7. The first-order valence-corrected chi connectivity index (χ1v) is 6.30. The van der Waals surface area contributed by atoms with Gasteiger partial charge in [-0.15, -0.1) is 0 Å². The van der Waals surface area contributed by atoms with E-state index in [4.69, 9.17) is 0 Å². The van der Waals surface area contributed by atoms with E-state index in [0.29, 0.717) is 11.1 Å². The highest BCUT2D eigenvalue weighted by atomic mass is 16.1. The van der Waals surface area contributed by atoms with Gasteiger partial charge in [-0.3, -0.25) is 9.20 Å². The molecule has 4 aromatic rings. The average molecular weight is 262 g/mol. The summed E-state index contributed by atoms with van der Waals surface area (Å²) in [6.45, 7) is 0. The predicted molar refractivity (Wildman–Crippen MR) is 78.4 cm³/mol. The number of aromatic amines is 1. The Morgan fingerprint density at radius 1 is 0.950 bits per heavy atom. The van der Waals surface area contributed by atoms with Crippen LogP contribution in [0, 0.1) is 0 Å². The second-order valence-corrected chi connectivity index (χ2v) is 4.71. The van der Waals surface area contributed by atoms with Gasteiger partial charge in [0.1, 0.15) is 0 Å². The first-order chi connectivity index (χ1) is 9.81. The first-order valence-electron chi connectivity index (χ1n) is 6.30. The summed E-state index contributed by atoms with van der Waals surface area (Å²) in [5.41, 5.74) is 2.47. The molecule has 0 aliphatic rings. The molecule has 0 aliphatic heterocycles. The van der Waals surface area contributed by atoms with E-state index in [1.54, 1.807) is 4.40 Å². The fourth-order valence-corrected chi connectivity index (χ4v) is 2.83. The highest BCUT2D eigenvalue weighted by molar-refractivity contribution is 6.13. The predicted octanol–water partition coefficient (Wildman–Crippen LogP) is 2.75. The summed E-state index contributed by atoms with van der Waals surface area (Å²) >= 11 is 0. The van der Waals surface area contributed by atoms with E-state index in [0.717, 1.165) is 28.1 Å². The Labute approximate surface area is 113 Å². The van der Waals surface area contributed by atoms with Crippen molar-refractivity contribution in [1.82, 2.24) is 9.38 Å². The molecular weight excluding hydrogens is 252 g/mol. The number of benzene rings is 2. The first kappa shape index (κ1) is 11.0. The van der Waals surface area contributed by atoms with E-state index in [1.165, 1.54) is 0 Å². The lowest BCUT2D eigenvalue weighted by Crippen LogP contribution is -2.15. The molecule has 2 aromatic carbocycles. The van der Waals surface area contributed by atoms with Crippen molar-refractivity contribution in [2.24, 2.45) is 0 Å². The molecule has 0 amide bonds. The van der Waals surface area contributed by atoms with Crippen LogP contribution in [0.4, 0.5) is 0 Å². The van der Waals surface area contributed by atoms with Crippen molar-refractivity contribution >= 4 is 33.6 Å². The molecule has 0 radical (unpaired) electrons. The van der Waals surface area contributed by atoms with Gasteiger partial charge in [-0.25, -0.2) is 4.79 Å². The van der Waals surface area contributed by atoms with Crippen molar-refractivity contribution < 1.29 is 4.79 Å².